The smallest absolute Gasteiger partial charge is 0.228 e. The van der Waals surface area contributed by atoms with Crippen molar-refractivity contribution in [3.05, 3.63) is 95.8 Å². The molecule has 1 saturated carbocycles. The first-order valence-corrected chi connectivity index (χ1v) is 10.3. The van der Waals surface area contributed by atoms with E-state index in [1.165, 1.54) is 16.8 Å². The van der Waals surface area contributed by atoms with Crippen molar-refractivity contribution in [3.8, 4) is 22.5 Å². The summed E-state index contributed by atoms with van der Waals surface area (Å²) in [4.78, 5) is 0. The van der Waals surface area contributed by atoms with E-state index in [0.717, 1.165) is 0 Å². The fraction of sp³-hybridized carbons (Fsp3) is 0.200. The molecule has 7 heteroatoms. The van der Waals surface area contributed by atoms with E-state index in [9.17, 15) is 17.6 Å². The molecule has 4 aromatic rings. The van der Waals surface area contributed by atoms with E-state index in [4.69, 9.17) is 0 Å². The molecule has 0 N–H and O–H groups in total. The predicted octanol–water partition coefficient (Wildman–Crippen LogP) is 6.20. The third-order valence-corrected chi connectivity index (χ3v) is 6.83. The van der Waals surface area contributed by atoms with Gasteiger partial charge in [0.2, 0.25) is 0 Å². The van der Waals surface area contributed by atoms with Gasteiger partial charge in [-0.15, -0.1) is 5.10 Å². The highest BCUT2D eigenvalue weighted by Gasteiger charge is 2.77. The first-order chi connectivity index (χ1) is 15.4. The molecule has 1 fully saturated rings. The van der Waals surface area contributed by atoms with E-state index in [0.29, 0.717) is 33.6 Å². The lowest BCUT2D eigenvalue weighted by Crippen LogP contribution is -2.50. The first kappa shape index (κ1) is 19.2. The fourth-order valence-electron chi connectivity index (χ4n) is 5.38. The lowest BCUT2D eigenvalue weighted by Gasteiger charge is -2.41. The molecular formula is C25H17F4N3. The lowest BCUT2D eigenvalue weighted by atomic mass is 9.70. The highest BCUT2D eigenvalue weighted by atomic mass is 19.4. The van der Waals surface area contributed by atoms with Crippen LogP contribution in [-0.4, -0.2) is 21.2 Å². The lowest BCUT2D eigenvalue weighted by molar-refractivity contribution is -0.208. The summed E-state index contributed by atoms with van der Waals surface area (Å²) in [5, 5.41) is 8.58. The molecule has 1 aliphatic heterocycles. The van der Waals surface area contributed by atoms with Crippen LogP contribution < -0.4 is 0 Å². The monoisotopic (exact) mass is 435 g/mol. The van der Waals surface area contributed by atoms with Gasteiger partial charge in [0, 0.05) is 11.1 Å². The fourth-order valence-corrected chi connectivity index (χ4v) is 5.38. The van der Waals surface area contributed by atoms with Gasteiger partial charge in [-0.05, 0) is 36.1 Å². The summed E-state index contributed by atoms with van der Waals surface area (Å²) in [6.07, 6.45) is -4.47. The van der Waals surface area contributed by atoms with Gasteiger partial charge in [0.25, 0.3) is 0 Å². The minimum absolute atomic E-state index is 0.00563. The number of fused-ring (bicyclic) bond motifs is 3. The average Bonchev–Trinajstić information content (AvgIpc) is 3.41. The maximum absolute atomic E-state index is 14.7. The number of rotatable bonds is 3. The van der Waals surface area contributed by atoms with Crippen LogP contribution in [0, 0.1) is 11.2 Å². The van der Waals surface area contributed by atoms with Crippen molar-refractivity contribution in [2.45, 2.75) is 24.6 Å². The summed E-state index contributed by atoms with van der Waals surface area (Å²) in [7, 11) is 0. The molecule has 2 heterocycles. The van der Waals surface area contributed by atoms with Gasteiger partial charge in [0.1, 0.15) is 17.1 Å². The number of nitrogens with zero attached hydrogens (tertiary/aromatic N) is 3. The molecule has 2 aliphatic rings. The van der Waals surface area contributed by atoms with Crippen LogP contribution in [0.1, 0.15) is 24.0 Å². The number of hydrogen-bond donors (Lipinski definition) is 0. The van der Waals surface area contributed by atoms with Gasteiger partial charge in [-0.2, -0.15) is 13.2 Å². The second-order valence-corrected chi connectivity index (χ2v) is 8.41. The summed E-state index contributed by atoms with van der Waals surface area (Å²) in [5.41, 5.74) is -0.580. The standard InChI is InChI=1S/C25H17F4N3/c26-18-10-6-7-16(15-18)21-22-19-11-4-5-12-20(19)24(32(22)31-30-21,17-8-2-1-3-9-17)23(13-14-23)25(27,28)29/h1-12,15H,13-14H2. The van der Waals surface area contributed by atoms with E-state index in [1.807, 2.05) is 0 Å². The molecule has 0 radical (unpaired) electrons. The maximum atomic E-state index is 14.7. The highest BCUT2D eigenvalue weighted by molar-refractivity contribution is 5.85. The summed E-state index contributed by atoms with van der Waals surface area (Å²) in [6.45, 7) is 0. The minimum atomic E-state index is -4.46. The molecule has 160 valence electrons. The quantitative estimate of drug-likeness (QED) is 0.359. The van der Waals surface area contributed by atoms with Crippen LogP contribution in [0.5, 0.6) is 0 Å². The number of aromatic nitrogens is 3. The van der Waals surface area contributed by atoms with Crippen molar-refractivity contribution in [2.24, 2.45) is 5.41 Å². The predicted molar refractivity (Wildman–Crippen MR) is 111 cm³/mol. The van der Waals surface area contributed by atoms with Crippen molar-refractivity contribution in [1.82, 2.24) is 15.0 Å². The summed E-state index contributed by atoms with van der Waals surface area (Å²) < 4.78 is 59.6. The zero-order chi connectivity index (χ0) is 22.1. The van der Waals surface area contributed by atoms with Crippen LogP contribution in [0.4, 0.5) is 17.6 Å². The molecule has 0 amide bonds. The summed E-state index contributed by atoms with van der Waals surface area (Å²) in [5.74, 6) is -0.446. The molecule has 1 aromatic heterocycles. The summed E-state index contributed by atoms with van der Waals surface area (Å²) >= 11 is 0. The molecule has 1 atom stereocenters. The van der Waals surface area contributed by atoms with Crippen molar-refractivity contribution in [1.29, 1.82) is 0 Å². The van der Waals surface area contributed by atoms with Gasteiger partial charge in [-0.25, -0.2) is 9.07 Å². The van der Waals surface area contributed by atoms with Crippen molar-refractivity contribution >= 4 is 0 Å². The van der Waals surface area contributed by atoms with E-state index in [-0.39, 0.29) is 12.8 Å². The maximum Gasteiger partial charge on any atom is 0.397 e. The Balaban J connectivity index is 1.74. The normalized spacial score (nSPS) is 20.6. The molecule has 3 aromatic carbocycles. The Labute approximate surface area is 181 Å². The van der Waals surface area contributed by atoms with Crippen LogP contribution >= 0.6 is 0 Å². The van der Waals surface area contributed by atoms with Crippen LogP contribution in [0.3, 0.4) is 0 Å². The molecule has 0 bridgehead atoms. The third-order valence-electron chi connectivity index (χ3n) is 6.83. The highest BCUT2D eigenvalue weighted by Crippen LogP contribution is 2.72. The SMILES string of the molecule is Fc1cccc(-c2nnn3c2-c2ccccc2C3(c2ccccc2)C2(C(F)(F)F)CC2)c1. The Hall–Kier alpha value is -3.48. The Morgan fingerprint density at radius 1 is 0.844 bits per heavy atom. The Bertz CT molecular complexity index is 1340. The zero-order valence-electron chi connectivity index (χ0n) is 16.8. The number of halogens is 4. The second-order valence-electron chi connectivity index (χ2n) is 8.41. The van der Waals surface area contributed by atoms with Crippen molar-refractivity contribution < 1.29 is 17.6 Å². The Morgan fingerprint density at radius 3 is 2.25 bits per heavy atom. The molecule has 1 aliphatic carbocycles. The minimum Gasteiger partial charge on any atom is -0.228 e. The Morgan fingerprint density at radius 2 is 1.56 bits per heavy atom. The van der Waals surface area contributed by atoms with Crippen molar-refractivity contribution in [2.75, 3.05) is 0 Å². The van der Waals surface area contributed by atoms with Gasteiger partial charge < -0.3 is 0 Å². The largest absolute Gasteiger partial charge is 0.397 e. The van der Waals surface area contributed by atoms with Gasteiger partial charge in [0.05, 0.1) is 11.1 Å². The Kier molecular flexibility index (Phi) is 3.77. The second kappa shape index (κ2) is 6.28. The third kappa shape index (κ3) is 2.25. The van der Waals surface area contributed by atoms with E-state index in [2.05, 4.69) is 10.3 Å². The molecular weight excluding hydrogens is 418 g/mol. The molecule has 6 rings (SSSR count). The average molecular weight is 435 g/mol. The number of alkyl halides is 3. The van der Waals surface area contributed by atoms with Gasteiger partial charge in [0.15, 0.2) is 0 Å². The van der Waals surface area contributed by atoms with E-state index < -0.39 is 22.9 Å². The van der Waals surface area contributed by atoms with Gasteiger partial charge >= 0.3 is 6.18 Å². The number of benzene rings is 3. The molecule has 0 saturated heterocycles. The summed E-state index contributed by atoms with van der Waals surface area (Å²) in [6, 6.07) is 21.7. The molecule has 3 nitrogen and oxygen atoms in total. The molecule has 1 unspecified atom stereocenters. The number of hydrogen-bond acceptors (Lipinski definition) is 2. The topological polar surface area (TPSA) is 30.7 Å². The molecule has 0 spiro atoms. The van der Waals surface area contributed by atoms with E-state index in [1.54, 1.807) is 66.7 Å². The van der Waals surface area contributed by atoms with Crippen LogP contribution in [0.15, 0.2) is 78.9 Å². The van der Waals surface area contributed by atoms with Gasteiger partial charge in [-0.3, -0.25) is 0 Å². The van der Waals surface area contributed by atoms with Crippen LogP contribution in [0.25, 0.3) is 22.5 Å². The van der Waals surface area contributed by atoms with E-state index >= 15 is 0 Å². The first-order valence-electron chi connectivity index (χ1n) is 10.3. The van der Waals surface area contributed by atoms with Crippen molar-refractivity contribution in [3.63, 3.8) is 0 Å². The van der Waals surface area contributed by atoms with Gasteiger partial charge in [-0.1, -0.05) is 71.9 Å². The zero-order valence-corrected chi connectivity index (χ0v) is 16.8. The van der Waals surface area contributed by atoms with Crippen LogP contribution in [-0.2, 0) is 5.54 Å². The van der Waals surface area contributed by atoms with Crippen LogP contribution in [0.2, 0.25) is 0 Å². The molecule has 32 heavy (non-hydrogen) atoms.